The molecule has 0 fully saturated rings. The van der Waals surface area contributed by atoms with Crippen LogP contribution in [-0.4, -0.2) is 11.3 Å². The highest BCUT2D eigenvalue weighted by Gasteiger charge is 2.24. The Kier molecular flexibility index (Phi) is 5.42. The molecule has 8 heteroatoms. The summed E-state index contributed by atoms with van der Waals surface area (Å²) in [6.07, 6.45) is -4.85. The summed E-state index contributed by atoms with van der Waals surface area (Å²) in [5.41, 5.74) is -0.744. The van der Waals surface area contributed by atoms with Crippen LogP contribution >= 0.6 is 0 Å². The standard InChI is InChI=1S/C21H11F7O/c22-17-8-12-7-11(2-4-15-18(23)9-13(29)10-19(15)24)1-3-14(12)20(25)16(17)5-6-21(26,27)28/h1,3,7-10,29H,2,4H2. The van der Waals surface area contributed by atoms with E-state index >= 15 is 0 Å². The molecule has 3 aromatic rings. The quantitative estimate of drug-likeness (QED) is 0.426. The van der Waals surface area contributed by atoms with Crippen LogP contribution in [-0.2, 0) is 12.8 Å². The molecule has 0 radical (unpaired) electrons. The SMILES string of the molecule is Oc1cc(F)c(CCc2ccc3c(F)c(C#CC(F)(F)F)c(F)cc3c2)c(F)c1. The molecule has 3 rings (SSSR count). The average Bonchev–Trinajstić information content (AvgIpc) is 2.59. The number of hydrogen-bond donors (Lipinski definition) is 1. The van der Waals surface area contributed by atoms with Gasteiger partial charge in [-0.25, -0.2) is 17.6 Å². The maximum atomic E-state index is 14.4. The lowest BCUT2D eigenvalue weighted by Gasteiger charge is -2.09. The van der Waals surface area contributed by atoms with Gasteiger partial charge in [-0.15, -0.1) is 0 Å². The van der Waals surface area contributed by atoms with Crippen molar-refractivity contribution in [1.82, 2.24) is 0 Å². The van der Waals surface area contributed by atoms with Crippen LogP contribution in [0.1, 0.15) is 16.7 Å². The first-order chi connectivity index (χ1) is 13.5. The Morgan fingerprint density at radius 3 is 2.10 bits per heavy atom. The summed E-state index contributed by atoms with van der Waals surface area (Å²) in [6, 6.07) is 6.42. The van der Waals surface area contributed by atoms with E-state index in [0.29, 0.717) is 5.56 Å². The number of hydrogen-bond acceptors (Lipinski definition) is 1. The molecule has 0 bridgehead atoms. The Labute approximate surface area is 160 Å². The lowest BCUT2D eigenvalue weighted by molar-refractivity contribution is -0.0696. The van der Waals surface area contributed by atoms with Crippen LogP contribution in [0.15, 0.2) is 36.4 Å². The monoisotopic (exact) mass is 412 g/mol. The van der Waals surface area contributed by atoms with E-state index in [1.54, 1.807) is 0 Å². The van der Waals surface area contributed by atoms with Crippen molar-refractivity contribution < 1.29 is 35.8 Å². The normalized spacial score (nSPS) is 11.4. The minimum absolute atomic E-state index is 0.0710. The summed E-state index contributed by atoms with van der Waals surface area (Å²) in [6.45, 7) is 0. The predicted octanol–water partition coefficient (Wildman–Crippen LogP) is 5.80. The maximum Gasteiger partial charge on any atom is 0.458 e. The molecule has 0 saturated heterocycles. The van der Waals surface area contributed by atoms with E-state index in [-0.39, 0.29) is 29.2 Å². The summed E-state index contributed by atoms with van der Waals surface area (Å²) in [5, 5.41) is 9.09. The molecule has 0 aliphatic rings. The number of aryl methyl sites for hydroxylation is 1. The summed E-state index contributed by atoms with van der Waals surface area (Å²) < 4.78 is 92.6. The van der Waals surface area contributed by atoms with Gasteiger partial charge in [0.1, 0.15) is 29.0 Å². The van der Waals surface area contributed by atoms with Gasteiger partial charge in [0, 0.05) is 29.0 Å². The minimum Gasteiger partial charge on any atom is -0.508 e. The van der Waals surface area contributed by atoms with Gasteiger partial charge >= 0.3 is 6.18 Å². The zero-order valence-corrected chi connectivity index (χ0v) is 14.5. The van der Waals surface area contributed by atoms with Crippen LogP contribution in [0, 0.1) is 35.1 Å². The molecule has 29 heavy (non-hydrogen) atoms. The highest BCUT2D eigenvalue weighted by molar-refractivity contribution is 5.85. The van der Waals surface area contributed by atoms with Crippen LogP contribution in [0.5, 0.6) is 5.75 Å². The Morgan fingerprint density at radius 2 is 1.48 bits per heavy atom. The number of phenolic OH excluding ortho intramolecular Hbond substituents is 1. The number of phenols is 1. The molecule has 0 aromatic heterocycles. The average molecular weight is 412 g/mol. The van der Waals surface area contributed by atoms with Gasteiger partial charge in [-0.1, -0.05) is 24.1 Å². The van der Waals surface area contributed by atoms with E-state index in [9.17, 15) is 30.7 Å². The third-order valence-electron chi connectivity index (χ3n) is 4.21. The van der Waals surface area contributed by atoms with E-state index in [1.165, 1.54) is 24.1 Å². The second kappa shape index (κ2) is 7.66. The largest absolute Gasteiger partial charge is 0.508 e. The van der Waals surface area contributed by atoms with Gasteiger partial charge in [-0.05, 0) is 29.9 Å². The highest BCUT2D eigenvalue weighted by atomic mass is 19.4. The van der Waals surface area contributed by atoms with Gasteiger partial charge in [0.25, 0.3) is 0 Å². The molecular weight excluding hydrogens is 401 g/mol. The van der Waals surface area contributed by atoms with Crippen molar-refractivity contribution in [3.63, 3.8) is 0 Å². The molecule has 3 aromatic carbocycles. The van der Waals surface area contributed by atoms with Gasteiger partial charge < -0.3 is 5.11 Å². The van der Waals surface area contributed by atoms with E-state index in [0.717, 1.165) is 24.1 Å². The van der Waals surface area contributed by atoms with E-state index in [2.05, 4.69) is 0 Å². The minimum atomic E-state index is -4.89. The molecule has 1 nitrogen and oxygen atoms in total. The van der Waals surface area contributed by atoms with Crippen LogP contribution in [0.3, 0.4) is 0 Å². The predicted molar refractivity (Wildman–Crippen MR) is 92.2 cm³/mol. The molecule has 0 amide bonds. The van der Waals surface area contributed by atoms with E-state index in [1.807, 2.05) is 0 Å². The first-order valence-electron chi connectivity index (χ1n) is 8.22. The van der Waals surface area contributed by atoms with Crippen LogP contribution in [0.25, 0.3) is 10.8 Å². The zero-order valence-electron chi connectivity index (χ0n) is 14.5. The number of alkyl halides is 3. The van der Waals surface area contributed by atoms with Crippen molar-refractivity contribution in [2.75, 3.05) is 0 Å². The summed E-state index contributed by atoms with van der Waals surface area (Å²) in [4.78, 5) is 0. The van der Waals surface area contributed by atoms with Gasteiger partial charge in [0.15, 0.2) is 0 Å². The zero-order chi connectivity index (χ0) is 21.3. The van der Waals surface area contributed by atoms with Crippen molar-refractivity contribution in [2.45, 2.75) is 19.0 Å². The third kappa shape index (κ3) is 4.62. The molecule has 1 N–H and O–H groups in total. The topological polar surface area (TPSA) is 20.2 Å². The summed E-state index contributed by atoms with van der Waals surface area (Å²) >= 11 is 0. The third-order valence-corrected chi connectivity index (χ3v) is 4.21. The Bertz CT molecular complexity index is 1130. The first kappa shape index (κ1) is 20.5. The fourth-order valence-corrected chi connectivity index (χ4v) is 2.88. The molecular formula is C21H11F7O. The number of aromatic hydroxyl groups is 1. The molecule has 0 atom stereocenters. The second-order valence-corrected chi connectivity index (χ2v) is 6.24. The van der Waals surface area contributed by atoms with E-state index < -0.39 is 40.8 Å². The van der Waals surface area contributed by atoms with Gasteiger partial charge in [0.2, 0.25) is 0 Å². The van der Waals surface area contributed by atoms with Crippen LogP contribution < -0.4 is 0 Å². The first-order valence-corrected chi connectivity index (χ1v) is 8.22. The summed E-state index contributed by atoms with van der Waals surface area (Å²) in [7, 11) is 0. The second-order valence-electron chi connectivity index (χ2n) is 6.24. The smallest absolute Gasteiger partial charge is 0.458 e. The van der Waals surface area contributed by atoms with Gasteiger partial charge in [-0.2, -0.15) is 13.2 Å². The van der Waals surface area contributed by atoms with E-state index in [4.69, 9.17) is 5.11 Å². The highest BCUT2D eigenvalue weighted by Crippen LogP contribution is 2.27. The Hall–Kier alpha value is -3.21. The van der Waals surface area contributed by atoms with Gasteiger partial charge in [-0.3, -0.25) is 0 Å². The summed E-state index contributed by atoms with van der Waals surface area (Å²) in [5.74, 6) is -2.58. The molecule has 0 saturated carbocycles. The number of fused-ring (bicyclic) bond motifs is 1. The molecule has 0 heterocycles. The molecule has 0 aliphatic heterocycles. The fourth-order valence-electron chi connectivity index (χ4n) is 2.88. The lowest BCUT2D eigenvalue weighted by atomic mass is 9.99. The fraction of sp³-hybridized carbons (Fsp3) is 0.143. The van der Waals surface area contributed by atoms with Crippen molar-refractivity contribution in [2.24, 2.45) is 0 Å². The van der Waals surface area contributed by atoms with Crippen molar-refractivity contribution in [1.29, 1.82) is 0 Å². The molecule has 0 spiro atoms. The van der Waals surface area contributed by atoms with Crippen LogP contribution in [0.4, 0.5) is 30.7 Å². The Morgan fingerprint density at radius 1 is 0.828 bits per heavy atom. The molecule has 150 valence electrons. The lowest BCUT2D eigenvalue weighted by Crippen LogP contribution is -2.03. The van der Waals surface area contributed by atoms with Crippen molar-refractivity contribution in [3.8, 4) is 17.6 Å². The number of benzene rings is 3. The Balaban J connectivity index is 1.92. The molecule has 0 aliphatic carbocycles. The van der Waals surface area contributed by atoms with Crippen molar-refractivity contribution >= 4 is 10.8 Å². The van der Waals surface area contributed by atoms with Gasteiger partial charge in [0.05, 0.1) is 5.56 Å². The maximum absolute atomic E-state index is 14.4. The number of halogens is 7. The molecule has 0 unspecified atom stereocenters. The van der Waals surface area contributed by atoms with Crippen LogP contribution in [0.2, 0.25) is 0 Å². The van der Waals surface area contributed by atoms with Crippen molar-refractivity contribution in [3.05, 3.63) is 76.4 Å². The number of rotatable bonds is 3.